The molecule has 2 rings (SSSR count). The Morgan fingerprint density at radius 3 is 2.57 bits per heavy atom. The van der Waals surface area contributed by atoms with Crippen molar-refractivity contribution < 1.29 is 22.3 Å². The standard InChI is InChI=1S/C14H14FN3O4S/c1-10(14(19)22-9-13-16-7-4-8-17-13)18-23(20,21)12-6-3-2-5-11(12)15/h2-8,10,18H,9H2,1H3. The van der Waals surface area contributed by atoms with Crippen molar-refractivity contribution in [3.8, 4) is 0 Å². The molecule has 0 aliphatic rings. The first-order valence-electron chi connectivity index (χ1n) is 6.59. The molecule has 0 bridgehead atoms. The lowest BCUT2D eigenvalue weighted by Gasteiger charge is -2.13. The zero-order chi connectivity index (χ0) is 16.9. The van der Waals surface area contributed by atoms with Gasteiger partial charge in [-0.3, -0.25) is 4.79 Å². The summed E-state index contributed by atoms with van der Waals surface area (Å²) >= 11 is 0. The second-order valence-corrected chi connectivity index (χ2v) is 6.23. The molecule has 0 saturated heterocycles. The zero-order valence-corrected chi connectivity index (χ0v) is 13.0. The Morgan fingerprint density at radius 1 is 1.26 bits per heavy atom. The number of nitrogens with zero attached hydrogens (tertiary/aromatic N) is 2. The van der Waals surface area contributed by atoms with Gasteiger partial charge in [-0.25, -0.2) is 22.8 Å². The minimum atomic E-state index is -4.18. The van der Waals surface area contributed by atoms with Crippen LogP contribution in [0, 0.1) is 5.82 Å². The fourth-order valence-electron chi connectivity index (χ4n) is 1.67. The lowest BCUT2D eigenvalue weighted by Crippen LogP contribution is -2.39. The van der Waals surface area contributed by atoms with Crippen LogP contribution >= 0.6 is 0 Å². The van der Waals surface area contributed by atoms with E-state index in [2.05, 4.69) is 14.7 Å². The number of nitrogens with one attached hydrogen (secondary N) is 1. The number of halogens is 1. The van der Waals surface area contributed by atoms with Gasteiger partial charge in [0.1, 0.15) is 16.8 Å². The number of aromatic nitrogens is 2. The first-order chi connectivity index (χ1) is 10.9. The van der Waals surface area contributed by atoms with Crippen molar-refractivity contribution >= 4 is 16.0 Å². The van der Waals surface area contributed by atoms with Gasteiger partial charge in [0.05, 0.1) is 0 Å². The van der Waals surface area contributed by atoms with Crippen molar-refractivity contribution in [1.29, 1.82) is 0 Å². The van der Waals surface area contributed by atoms with Crippen molar-refractivity contribution in [2.24, 2.45) is 0 Å². The van der Waals surface area contributed by atoms with Gasteiger partial charge in [-0.1, -0.05) is 12.1 Å². The molecule has 0 amide bonds. The van der Waals surface area contributed by atoms with E-state index in [1.807, 2.05) is 0 Å². The van der Waals surface area contributed by atoms with Crippen LogP contribution in [-0.2, 0) is 26.2 Å². The van der Waals surface area contributed by atoms with Crippen molar-refractivity contribution in [2.45, 2.75) is 24.5 Å². The molecule has 1 aromatic carbocycles. The van der Waals surface area contributed by atoms with Crippen molar-refractivity contribution in [1.82, 2.24) is 14.7 Å². The van der Waals surface area contributed by atoms with Gasteiger partial charge in [-0.05, 0) is 25.1 Å². The molecular formula is C14H14FN3O4S. The summed E-state index contributed by atoms with van der Waals surface area (Å²) in [6, 6.07) is 5.29. The lowest BCUT2D eigenvalue weighted by atomic mass is 10.3. The third-order valence-electron chi connectivity index (χ3n) is 2.77. The van der Waals surface area contributed by atoms with E-state index < -0.39 is 32.7 Å². The Balaban J connectivity index is 1.99. The largest absolute Gasteiger partial charge is 0.456 e. The number of carbonyl (C=O) groups is 1. The van der Waals surface area contributed by atoms with Crippen LogP contribution < -0.4 is 4.72 Å². The molecule has 0 fully saturated rings. The molecule has 122 valence electrons. The molecule has 0 aliphatic heterocycles. The number of hydrogen-bond donors (Lipinski definition) is 1. The molecule has 0 aliphatic carbocycles. The number of rotatable bonds is 6. The molecule has 2 aromatic rings. The summed E-state index contributed by atoms with van der Waals surface area (Å²) in [6.07, 6.45) is 2.97. The smallest absolute Gasteiger partial charge is 0.324 e. The van der Waals surface area contributed by atoms with Crippen LogP contribution in [0.4, 0.5) is 4.39 Å². The maximum atomic E-state index is 13.6. The average Bonchev–Trinajstić information content (AvgIpc) is 2.53. The Hall–Kier alpha value is -2.39. The minimum Gasteiger partial charge on any atom is -0.456 e. The summed E-state index contributed by atoms with van der Waals surface area (Å²) < 4.78 is 44.7. The number of hydrogen-bond acceptors (Lipinski definition) is 6. The molecule has 1 N–H and O–H groups in total. The highest BCUT2D eigenvalue weighted by molar-refractivity contribution is 7.89. The Bertz CT molecular complexity index is 784. The van der Waals surface area contributed by atoms with Crippen LogP contribution in [0.15, 0.2) is 47.6 Å². The van der Waals surface area contributed by atoms with Crippen LogP contribution in [-0.4, -0.2) is 30.4 Å². The summed E-state index contributed by atoms with van der Waals surface area (Å²) in [5.41, 5.74) is 0. The summed E-state index contributed by atoms with van der Waals surface area (Å²) in [4.78, 5) is 19.0. The number of carbonyl (C=O) groups excluding carboxylic acids is 1. The van der Waals surface area contributed by atoms with E-state index in [0.717, 1.165) is 12.1 Å². The van der Waals surface area contributed by atoms with E-state index in [4.69, 9.17) is 4.74 Å². The second kappa shape index (κ2) is 7.25. The van der Waals surface area contributed by atoms with E-state index in [1.165, 1.54) is 31.5 Å². The zero-order valence-electron chi connectivity index (χ0n) is 12.1. The van der Waals surface area contributed by atoms with Crippen LogP contribution in [0.1, 0.15) is 12.7 Å². The molecule has 1 atom stereocenters. The Morgan fingerprint density at radius 2 is 1.91 bits per heavy atom. The van der Waals surface area contributed by atoms with Gasteiger partial charge in [0, 0.05) is 12.4 Å². The highest BCUT2D eigenvalue weighted by Gasteiger charge is 2.25. The van der Waals surface area contributed by atoms with E-state index in [9.17, 15) is 17.6 Å². The predicted molar refractivity (Wildman–Crippen MR) is 78.0 cm³/mol. The van der Waals surface area contributed by atoms with Crippen LogP contribution in [0.3, 0.4) is 0 Å². The van der Waals surface area contributed by atoms with Gasteiger partial charge in [0.15, 0.2) is 12.4 Å². The Labute approximate surface area is 132 Å². The normalized spacial score (nSPS) is 12.6. The fourth-order valence-corrected chi connectivity index (χ4v) is 2.94. The van der Waals surface area contributed by atoms with Gasteiger partial charge in [0.2, 0.25) is 10.0 Å². The molecule has 1 unspecified atom stereocenters. The maximum absolute atomic E-state index is 13.6. The van der Waals surface area contributed by atoms with Crippen molar-refractivity contribution in [2.75, 3.05) is 0 Å². The van der Waals surface area contributed by atoms with E-state index in [0.29, 0.717) is 0 Å². The van der Waals surface area contributed by atoms with Crippen LogP contribution in [0.25, 0.3) is 0 Å². The first kappa shape index (κ1) is 17.0. The summed E-state index contributed by atoms with van der Waals surface area (Å²) in [6.45, 7) is 1.11. The number of sulfonamides is 1. The minimum absolute atomic E-state index is 0.189. The first-order valence-corrected chi connectivity index (χ1v) is 8.08. The molecule has 0 radical (unpaired) electrons. The molecule has 23 heavy (non-hydrogen) atoms. The van der Waals surface area contributed by atoms with Gasteiger partial charge in [-0.15, -0.1) is 0 Å². The highest BCUT2D eigenvalue weighted by atomic mass is 32.2. The summed E-state index contributed by atoms with van der Waals surface area (Å²) in [7, 11) is -4.18. The number of benzene rings is 1. The molecule has 7 nitrogen and oxygen atoms in total. The van der Waals surface area contributed by atoms with Gasteiger partial charge in [0.25, 0.3) is 0 Å². The topological polar surface area (TPSA) is 98.2 Å². The number of esters is 1. The molecule has 0 saturated carbocycles. The van der Waals surface area contributed by atoms with E-state index >= 15 is 0 Å². The summed E-state index contributed by atoms with van der Waals surface area (Å²) in [5, 5.41) is 0. The van der Waals surface area contributed by atoms with Crippen LogP contribution in [0.5, 0.6) is 0 Å². The fraction of sp³-hybridized carbons (Fsp3) is 0.214. The summed E-state index contributed by atoms with van der Waals surface area (Å²) in [5.74, 6) is -1.44. The van der Waals surface area contributed by atoms with Gasteiger partial charge >= 0.3 is 5.97 Å². The average molecular weight is 339 g/mol. The molecule has 9 heteroatoms. The van der Waals surface area contributed by atoms with Crippen LogP contribution in [0.2, 0.25) is 0 Å². The molecular weight excluding hydrogens is 325 g/mol. The monoisotopic (exact) mass is 339 g/mol. The van der Waals surface area contributed by atoms with Gasteiger partial charge < -0.3 is 4.74 Å². The quantitative estimate of drug-likeness (QED) is 0.789. The van der Waals surface area contributed by atoms with Gasteiger partial charge in [-0.2, -0.15) is 4.72 Å². The number of ether oxygens (including phenoxy) is 1. The van der Waals surface area contributed by atoms with Crippen molar-refractivity contribution in [3.63, 3.8) is 0 Å². The SMILES string of the molecule is CC(NS(=O)(=O)c1ccccc1F)C(=O)OCc1ncccn1. The third-order valence-corrected chi connectivity index (χ3v) is 4.35. The third kappa shape index (κ3) is 4.54. The van der Waals surface area contributed by atoms with E-state index in [1.54, 1.807) is 6.07 Å². The molecule has 1 aromatic heterocycles. The molecule has 0 spiro atoms. The predicted octanol–water partition coefficient (Wildman–Crippen LogP) is 1.03. The second-order valence-electron chi connectivity index (χ2n) is 4.55. The molecule has 1 heterocycles. The van der Waals surface area contributed by atoms with E-state index in [-0.39, 0.29) is 12.4 Å². The Kier molecular flexibility index (Phi) is 5.35. The lowest BCUT2D eigenvalue weighted by molar-refractivity contribution is -0.146. The maximum Gasteiger partial charge on any atom is 0.324 e. The van der Waals surface area contributed by atoms with Crippen molar-refractivity contribution in [3.05, 3.63) is 54.4 Å². The highest BCUT2D eigenvalue weighted by Crippen LogP contribution is 2.13.